The normalized spacial score (nSPS) is 21.8. The lowest BCUT2D eigenvalue weighted by molar-refractivity contribution is 0.129. The third-order valence-corrected chi connectivity index (χ3v) is 4.82. The van der Waals surface area contributed by atoms with Gasteiger partial charge in [0.2, 0.25) is 0 Å². The molecule has 2 atom stereocenters. The standard InChI is InChI=1S/C18H31N3/c1-13-9-14(2)18(15(3)10-13)17(19)12-21(5)16-7-6-8-20(4)11-16/h9-10,16-17H,6-8,11-12,19H2,1-5H3. The molecule has 2 N–H and O–H groups in total. The SMILES string of the molecule is Cc1cc(C)c(C(N)CN(C)C2CCCN(C)C2)c(C)c1. The van der Waals surface area contributed by atoms with Crippen LogP contribution in [0.5, 0.6) is 0 Å². The Kier molecular flexibility index (Phi) is 5.42. The molecule has 0 amide bonds. The first kappa shape index (κ1) is 16.5. The molecule has 1 fully saturated rings. The first-order valence-corrected chi connectivity index (χ1v) is 8.10. The molecule has 2 unspecified atom stereocenters. The van der Waals surface area contributed by atoms with Crippen molar-refractivity contribution in [2.24, 2.45) is 5.73 Å². The van der Waals surface area contributed by atoms with Gasteiger partial charge in [-0.3, -0.25) is 0 Å². The molecule has 0 aromatic heterocycles. The van der Waals surface area contributed by atoms with Crippen molar-refractivity contribution in [3.63, 3.8) is 0 Å². The highest BCUT2D eigenvalue weighted by Gasteiger charge is 2.23. The van der Waals surface area contributed by atoms with Crippen molar-refractivity contribution < 1.29 is 0 Å². The van der Waals surface area contributed by atoms with Crippen LogP contribution >= 0.6 is 0 Å². The number of piperidine rings is 1. The van der Waals surface area contributed by atoms with Crippen LogP contribution in [0.4, 0.5) is 0 Å². The summed E-state index contributed by atoms with van der Waals surface area (Å²) in [5.74, 6) is 0. The van der Waals surface area contributed by atoms with Gasteiger partial charge in [0.15, 0.2) is 0 Å². The van der Waals surface area contributed by atoms with Crippen LogP contribution in [0.1, 0.15) is 41.1 Å². The second-order valence-corrected chi connectivity index (χ2v) is 6.92. The Balaban J connectivity index is 2.05. The molecule has 2 rings (SSSR count). The number of nitrogens with two attached hydrogens (primary N) is 1. The summed E-state index contributed by atoms with van der Waals surface area (Å²) in [6.45, 7) is 9.84. The van der Waals surface area contributed by atoms with E-state index < -0.39 is 0 Å². The first-order valence-electron chi connectivity index (χ1n) is 8.10. The lowest BCUT2D eigenvalue weighted by Crippen LogP contribution is -2.47. The second-order valence-electron chi connectivity index (χ2n) is 6.92. The smallest absolute Gasteiger partial charge is 0.0429 e. The Labute approximate surface area is 130 Å². The summed E-state index contributed by atoms with van der Waals surface area (Å²) in [4.78, 5) is 4.89. The van der Waals surface area contributed by atoms with Gasteiger partial charge in [-0.1, -0.05) is 17.7 Å². The predicted molar refractivity (Wildman–Crippen MR) is 90.7 cm³/mol. The van der Waals surface area contributed by atoms with Crippen LogP contribution in [-0.4, -0.2) is 49.6 Å². The minimum atomic E-state index is 0.0998. The van der Waals surface area contributed by atoms with Crippen LogP contribution < -0.4 is 5.73 Å². The van der Waals surface area contributed by atoms with E-state index in [-0.39, 0.29) is 6.04 Å². The maximum atomic E-state index is 6.53. The summed E-state index contributed by atoms with van der Waals surface area (Å²) in [5, 5.41) is 0. The molecule has 1 aliphatic heterocycles. The number of hydrogen-bond acceptors (Lipinski definition) is 3. The maximum Gasteiger partial charge on any atom is 0.0429 e. The van der Waals surface area contributed by atoms with Crippen LogP contribution in [0.25, 0.3) is 0 Å². The highest BCUT2D eigenvalue weighted by Crippen LogP contribution is 2.24. The van der Waals surface area contributed by atoms with Gasteiger partial charge in [-0.2, -0.15) is 0 Å². The van der Waals surface area contributed by atoms with Crippen LogP contribution in [0.3, 0.4) is 0 Å². The summed E-state index contributed by atoms with van der Waals surface area (Å²) in [6, 6.07) is 5.23. The predicted octanol–water partition coefficient (Wildman–Crippen LogP) is 2.64. The molecule has 1 aromatic rings. The molecular weight excluding hydrogens is 258 g/mol. The molecule has 1 heterocycles. The summed E-state index contributed by atoms with van der Waals surface area (Å²) in [7, 11) is 4.44. The Morgan fingerprint density at radius 1 is 1.29 bits per heavy atom. The molecule has 0 saturated carbocycles. The van der Waals surface area contributed by atoms with Gasteiger partial charge in [0, 0.05) is 25.2 Å². The zero-order chi connectivity index (χ0) is 15.6. The highest BCUT2D eigenvalue weighted by molar-refractivity contribution is 5.39. The highest BCUT2D eigenvalue weighted by atomic mass is 15.2. The van der Waals surface area contributed by atoms with Crippen LogP contribution in [0, 0.1) is 20.8 Å². The summed E-state index contributed by atoms with van der Waals surface area (Å²) >= 11 is 0. The first-order chi connectivity index (χ1) is 9.88. The van der Waals surface area contributed by atoms with Gasteiger partial charge < -0.3 is 15.5 Å². The third-order valence-electron chi connectivity index (χ3n) is 4.82. The van der Waals surface area contributed by atoms with Crippen molar-refractivity contribution >= 4 is 0 Å². The number of aryl methyl sites for hydroxylation is 3. The molecule has 0 aliphatic carbocycles. The molecule has 3 nitrogen and oxygen atoms in total. The van der Waals surface area contributed by atoms with E-state index in [4.69, 9.17) is 5.73 Å². The molecule has 3 heteroatoms. The van der Waals surface area contributed by atoms with E-state index in [1.807, 2.05) is 0 Å². The minimum Gasteiger partial charge on any atom is -0.323 e. The topological polar surface area (TPSA) is 32.5 Å². The van der Waals surface area contributed by atoms with Gasteiger partial charge in [-0.25, -0.2) is 0 Å². The van der Waals surface area contributed by atoms with Crippen molar-refractivity contribution in [2.45, 2.75) is 45.7 Å². The zero-order valence-corrected chi connectivity index (χ0v) is 14.3. The van der Waals surface area contributed by atoms with Crippen molar-refractivity contribution in [1.82, 2.24) is 9.80 Å². The average Bonchev–Trinajstić information content (AvgIpc) is 2.37. The number of rotatable bonds is 4. The molecule has 118 valence electrons. The van der Waals surface area contributed by atoms with Gasteiger partial charge in [0.1, 0.15) is 0 Å². The molecule has 1 saturated heterocycles. The summed E-state index contributed by atoms with van der Waals surface area (Å²) in [5.41, 5.74) is 11.8. The van der Waals surface area contributed by atoms with Crippen molar-refractivity contribution in [1.29, 1.82) is 0 Å². The molecule has 0 spiro atoms. The molecule has 0 bridgehead atoms. The maximum absolute atomic E-state index is 6.53. The largest absolute Gasteiger partial charge is 0.323 e. The lowest BCUT2D eigenvalue weighted by Gasteiger charge is -2.37. The van der Waals surface area contributed by atoms with E-state index in [9.17, 15) is 0 Å². The van der Waals surface area contributed by atoms with Crippen molar-refractivity contribution in [3.05, 3.63) is 34.4 Å². The van der Waals surface area contributed by atoms with Gasteiger partial charge in [0.25, 0.3) is 0 Å². The average molecular weight is 289 g/mol. The minimum absolute atomic E-state index is 0.0998. The quantitative estimate of drug-likeness (QED) is 0.925. The number of nitrogens with zero attached hydrogens (tertiary/aromatic N) is 2. The summed E-state index contributed by atoms with van der Waals surface area (Å²) in [6.07, 6.45) is 2.59. The number of likely N-dealkylation sites (N-methyl/N-ethyl adjacent to an activating group) is 2. The van der Waals surface area contributed by atoms with Gasteiger partial charge >= 0.3 is 0 Å². The Morgan fingerprint density at radius 3 is 2.48 bits per heavy atom. The zero-order valence-electron chi connectivity index (χ0n) is 14.3. The van der Waals surface area contributed by atoms with Crippen LogP contribution in [0.2, 0.25) is 0 Å². The molecule has 1 aliphatic rings. The number of hydrogen-bond donors (Lipinski definition) is 1. The molecule has 1 aromatic carbocycles. The van der Waals surface area contributed by atoms with Crippen LogP contribution in [-0.2, 0) is 0 Å². The van der Waals surface area contributed by atoms with Gasteiger partial charge in [-0.15, -0.1) is 0 Å². The van der Waals surface area contributed by atoms with Crippen molar-refractivity contribution in [3.8, 4) is 0 Å². The fraction of sp³-hybridized carbons (Fsp3) is 0.667. The molecule has 0 radical (unpaired) electrons. The fourth-order valence-electron chi connectivity index (χ4n) is 3.83. The Morgan fingerprint density at radius 2 is 1.90 bits per heavy atom. The fourth-order valence-corrected chi connectivity index (χ4v) is 3.83. The Bertz CT molecular complexity index is 460. The van der Waals surface area contributed by atoms with E-state index in [0.29, 0.717) is 6.04 Å². The number of likely N-dealkylation sites (tertiary alicyclic amines) is 1. The monoisotopic (exact) mass is 289 g/mol. The van der Waals surface area contributed by atoms with E-state index in [0.717, 1.165) is 13.1 Å². The van der Waals surface area contributed by atoms with E-state index in [1.165, 1.54) is 41.6 Å². The van der Waals surface area contributed by atoms with Crippen molar-refractivity contribution in [2.75, 3.05) is 33.7 Å². The van der Waals surface area contributed by atoms with E-state index >= 15 is 0 Å². The van der Waals surface area contributed by atoms with Crippen LogP contribution in [0.15, 0.2) is 12.1 Å². The second kappa shape index (κ2) is 6.91. The lowest BCUT2D eigenvalue weighted by atomic mass is 9.93. The van der Waals surface area contributed by atoms with Gasteiger partial charge in [0.05, 0.1) is 0 Å². The Hall–Kier alpha value is -0.900. The van der Waals surface area contributed by atoms with Gasteiger partial charge in [-0.05, 0) is 70.9 Å². The number of benzene rings is 1. The van der Waals surface area contributed by atoms with E-state index in [1.54, 1.807) is 0 Å². The molecular formula is C18H31N3. The summed E-state index contributed by atoms with van der Waals surface area (Å²) < 4.78 is 0. The van der Waals surface area contributed by atoms with E-state index in [2.05, 4.69) is 56.8 Å². The molecule has 21 heavy (non-hydrogen) atoms. The third kappa shape index (κ3) is 4.06.